The minimum absolute atomic E-state index is 0.0413. The average molecular weight is 457 g/mol. The summed E-state index contributed by atoms with van der Waals surface area (Å²) < 4.78 is 43.1. The molecule has 0 aliphatic rings. The number of alkyl halides is 3. The summed E-state index contributed by atoms with van der Waals surface area (Å²) in [5, 5.41) is 4.82. The van der Waals surface area contributed by atoms with Gasteiger partial charge in [-0.25, -0.2) is 0 Å². The van der Waals surface area contributed by atoms with Crippen LogP contribution < -0.4 is 10.6 Å². The Morgan fingerprint density at radius 1 is 0.968 bits per heavy atom. The Morgan fingerprint density at radius 3 is 2.29 bits per heavy atom. The van der Waals surface area contributed by atoms with Crippen LogP contribution in [0.3, 0.4) is 0 Å². The highest BCUT2D eigenvalue weighted by atomic mass is 35.5. The van der Waals surface area contributed by atoms with E-state index in [1.165, 1.54) is 0 Å². The average Bonchev–Trinajstić information content (AvgIpc) is 2.69. The van der Waals surface area contributed by atoms with Crippen molar-refractivity contribution >= 4 is 40.8 Å². The van der Waals surface area contributed by atoms with Gasteiger partial charge < -0.3 is 15.4 Å². The molecule has 0 heterocycles. The zero-order valence-electron chi connectivity index (χ0n) is 16.5. The minimum Gasteiger partial charge on any atom is -0.456 e. The number of carbonyl (C=O) groups is 3. The van der Waals surface area contributed by atoms with Crippen molar-refractivity contribution in [1.29, 1.82) is 0 Å². The van der Waals surface area contributed by atoms with Gasteiger partial charge in [-0.2, -0.15) is 13.2 Å². The summed E-state index contributed by atoms with van der Waals surface area (Å²) in [5.74, 6) is -1.79. The molecular formula is C21H20ClF3N2O4. The van der Waals surface area contributed by atoms with Crippen LogP contribution >= 0.6 is 11.6 Å². The van der Waals surface area contributed by atoms with Gasteiger partial charge in [-0.3, -0.25) is 14.4 Å². The van der Waals surface area contributed by atoms with Crippen molar-refractivity contribution in [2.24, 2.45) is 0 Å². The van der Waals surface area contributed by atoms with Crippen molar-refractivity contribution in [1.82, 2.24) is 0 Å². The van der Waals surface area contributed by atoms with Crippen molar-refractivity contribution in [2.45, 2.75) is 32.4 Å². The van der Waals surface area contributed by atoms with Crippen LogP contribution in [0, 0.1) is 6.92 Å². The summed E-state index contributed by atoms with van der Waals surface area (Å²) in [6.07, 6.45) is -4.76. The quantitative estimate of drug-likeness (QED) is 0.550. The molecule has 0 saturated heterocycles. The number of esters is 1. The Hall–Kier alpha value is -3.07. The van der Waals surface area contributed by atoms with Gasteiger partial charge in [0.1, 0.15) is 0 Å². The largest absolute Gasteiger partial charge is 0.456 e. The number of halogens is 4. The topological polar surface area (TPSA) is 84.5 Å². The van der Waals surface area contributed by atoms with Gasteiger partial charge >= 0.3 is 12.1 Å². The first-order chi connectivity index (χ1) is 14.5. The molecule has 0 spiro atoms. The molecule has 0 radical (unpaired) electrons. The van der Waals surface area contributed by atoms with E-state index in [9.17, 15) is 27.6 Å². The molecule has 2 aromatic rings. The van der Waals surface area contributed by atoms with E-state index < -0.39 is 36.1 Å². The van der Waals surface area contributed by atoms with Crippen LogP contribution in [-0.4, -0.2) is 24.4 Å². The first-order valence-corrected chi connectivity index (χ1v) is 9.61. The summed E-state index contributed by atoms with van der Waals surface area (Å²) in [7, 11) is 0. The molecule has 2 amide bonds. The van der Waals surface area contributed by atoms with Gasteiger partial charge in [0.25, 0.3) is 5.91 Å². The molecule has 10 heteroatoms. The number of hydrogen-bond acceptors (Lipinski definition) is 4. The van der Waals surface area contributed by atoms with E-state index in [1.54, 1.807) is 12.1 Å². The number of ether oxygens (including phenoxy) is 1. The van der Waals surface area contributed by atoms with Crippen LogP contribution in [0.4, 0.5) is 24.5 Å². The van der Waals surface area contributed by atoms with Crippen LogP contribution in [0.15, 0.2) is 42.5 Å². The van der Waals surface area contributed by atoms with Crippen molar-refractivity contribution in [3.8, 4) is 0 Å². The van der Waals surface area contributed by atoms with Gasteiger partial charge in [0, 0.05) is 18.5 Å². The summed E-state index contributed by atoms with van der Waals surface area (Å²) in [6.45, 7) is 1.43. The molecule has 0 saturated carbocycles. The van der Waals surface area contributed by atoms with E-state index in [-0.39, 0.29) is 30.0 Å². The summed E-state index contributed by atoms with van der Waals surface area (Å²) in [6, 6.07) is 9.65. The van der Waals surface area contributed by atoms with E-state index in [4.69, 9.17) is 16.3 Å². The number of hydrogen-bond donors (Lipinski definition) is 2. The smallest absolute Gasteiger partial charge is 0.416 e. The normalized spacial score (nSPS) is 11.0. The molecule has 0 aliphatic heterocycles. The predicted octanol–water partition coefficient (Wildman–Crippen LogP) is 4.96. The van der Waals surface area contributed by atoms with Crippen molar-refractivity contribution in [3.05, 3.63) is 58.6 Å². The third-order valence-corrected chi connectivity index (χ3v) is 4.38. The summed E-state index contributed by atoms with van der Waals surface area (Å²) >= 11 is 5.82. The first kappa shape index (κ1) is 24.2. The SMILES string of the molecule is Cc1ccc(NC(=O)COC(=O)CCCC(=O)Nc2cc(C(F)(F)F)ccc2Cl)cc1. The third-order valence-electron chi connectivity index (χ3n) is 4.05. The number of benzene rings is 2. The summed E-state index contributed by atoms with van der Waals surface area (Å²) in [5.41, 5.74) is 0.483. The molecule has 0 aromatic heterocycles. The highest BCUT2D eigenvalue weighted by Gasteiger charge is 2.31. The first-order valence-electron chi connectivity index (χ1n) is 9.23. The second-order valence-corrected chi connectivity index (χ2v) is 7.08. The highest BCUT2D eigenvalue weighted by molar-refractivity contribution is 6.33. The van der Waals surface area contributed by atoms with Gasteiger partial charge in [0.2, 0.25) is 5.91 Å². The van der Waals surface area contributed by atoms with Crippen LogP contribution in [0.5, 0.6) is 0 Å². The predicted molar refractivity (Wildman–Crippen MR) is 110 cm³/mol. The fourth-order valence-electron chi connectivity index (χ4n) is 2.46. The Balaban J connectivity index is 1.71. The maximum Gasteiger partial charge on any atom is 0.416 e. The van der Waals surface area contributed by atoms with Gasteiger partial charge in [-0.15, -0.1) is 0 Å². The molecule has 0 aliphatic carbocycles. The van der Waals surface area contributed by atoms with Crippen LogP contribution in [-0.2, 0) is 25.3 Å². The van der Waals surface area contributed by atoms with E-state index in [0.717, 1.165) is 23.8 Å². The van der Waals surface area contributed by atoms with Gasteiger partial charge in [0.15, 0.2) is 6.61 Å². The molecule has 0 unspecified atom stereocenters. The maximum atomic E-state index is 12.8. The van der Waals surface area contributed by atoms with E-state index in [1.807, 2.05) is 19.1 Å². The molecule has 6 nitrogen and oxygen atoms in total. The zero-order valence-corrected chi connectivity index (χ0v) is 17.3. The van der Waals surface area contributed by atoms with Crippen molar-refractivity contribution in [2.75, 3.05) is 17.2 Å². The van der Waals surface area contributed by atoms with Crippen molar-refractivity contribution < 1.29 is 32.3 Å². The van der Waals surface area contributed by atoms with Crippen LogP contribution in [0.25, 0.3) is 0 Å². The highest BCUT2D eigenvalue weighted by Crippen LogP contribution is 2.33. The maximum absolute atomic E-state index is 12.8. The fraction of sp³-hybridized carbons (Fsp3) is 0.286. The number of carbonyl (C=O) groups excluding carboxylic acids is 3. The molecule has 0 fully saturated rings. The molecule has 2 rings (SSSR count). The van der Waals surface area contributed by atoms with Gasteiger partial charge in [-0.1, -0.05) is 29.3 Å². The molecule has 0 atom stereocenters. The standard InChI is InChI=1S/C21H20ClF3N2O4/c1-13-5-8-15(9-6-13)26-19(29)12-31-20(30)4-2-3-18(28)27-17-11-14(21(23,24)25)7-10-16(17)22/h5-11H,2-4,12H2,1H3,(H,26,29)(H,27,28). The second kappa shape index (κ2) is 10.8. The summed E-state index contributed by atoms with van der Waals surface area (Å²) in [4.78, 5) is 35.4. The molecule has 0 bridgehead atoms. The lowest BCUT2D eigenvalue weighted by molar-refractivity contribution is -0.147. The number of amides is 2. The molecule has 31 heavy (non-hydrogen) atoms. The molecule has 2 N–H and O–H groups in total. The van der Waals surface area contributed by atoms with E-state index in [0.29, 0.717) is 5.69 Å². The number of rotatable bonds is 8. The van der Waals surface area contributed by atoms with Crippen molar-refractivity contribution in [3.63, 3.8) is 0 Å². The lowest BCUT2D eigenvalue weighted by atomic mass is 10.2. The Morgan fingerprint density at radius 2 is 1.65 bits per heavy atom. The monoisotopic (exact) mass is 456 g/mol. The Bertz CT molecular complexity index is 947. The van der Waals surface area contributed by atoms with Crippen LogP contribution in [0.2, 0.25) is 5.02 Å². The number of anilines is 2. The Labute approximate surface area is 181 Å². The fourth-order valence-corrected chi connectivity index (χ4v) is 2.62. The van der Waals surface area contributed by atoms with Gasteiger partial charge in [0.05, 0.1) is 16.3 Å². The van der Waals surface area contributed by atoms with E-state index >= 15 is 0 Å². The minimum atomic E-state index is -4.57. The molecule has 166 valence electrons. The van der Waals surface area contributed by atoms with E-state index in [2.05, 4.69) is 10.6 Å². The van der Waals surface area contributed by atoms with Crippen LogP contribution in [0.1, 0.15) is 30.4 Å². The third kappa shape index (κ3) is 8.29. The lowest BCUT2D eigenvalue weighted by Crippen LogP contribution is -2.21. The second-order valence-electron chi connectivity index (χ2n) is 6.67. The lowest BCUT2D eigenvalue weighted by Gasteiger charge is -2.11. The van der Waals surface area contributed by atoms with Gasteiger partial charge in [-0.05, 0) is 43.7 Å². The number of nitrogens with one attached hydrogen (secondary N) is 2. The Kier molecular flexibility index (Phi) is 8.44. The zero-order chi connectivity index (χ0) is 23.0. The number of aryl methyl sites for hydroxylation is 1. The molecule has 2 aromatic carbocycles. The molecular weight excluding hydrogens is 437 g/mol.